The molecule has 1 aliphatic heterocycles. The molecule has 1 heterocycles. The predicted molar refractivity (Wildman–Crippen MR) is 66.8 cm³/mol. The number of hydrogen-bond donors (Lipinski definition) is 2. The third-order valence-corrected chi connectivity index (χ3v) is 3.96. The first-order valence-electron chi connectivity index (χ1n) is 6.44. The fourth-order valence-electron chi connectivity index (χ4n) is 2.48. The maximum Gasteiger partial charge on any atom is 0.309 e. The van der Waals surface area contributed by atoms with E-state index in [1.807, 2.05) is 20.8 Å². The molecule has 1 fully saturated rings. The van der Waals surface area contributed by atoms with Crippen molar-refractivity contribution in [3.8, 4) is 0 Å². The summed E-state index contributed by atoms with van der Waals surface area (Å²) in [6, 6.07) is 0. The summed E-state index contributed by atoms with van der Waals surface area (Å²) in [5.41, 5.74) is -0.652. The molecule has 0 radical (unpaired) electrons. The van der Waals surface area contributed by atoms with Crippen LogP contribution in [0.4, 0.5) is 0 Å². The Bertz CT molecular complexity index is 265. The van der Waals surface area contributed by atoms with Crippen molar-refractivity contribution in [3.05, 3.63) is 0 Å². The molecule has 0 spiro atoms. The van der Waals surface area contributed by atoms with Crippen LogP contribution >= 0.6 is 0 Å². The number of aliphatic hydroxyl groups excluding tert-OH is 1. The van der Waals surface area contributed by atoms with Crippen LogP contribution < -0.4 is 0 Å². The van der Waals surface area contributed by atoms with Gasteiger partial charge in [-0.25, -0.2) is 0 Å². The van der Waals surface area contributed by atoms with E-state index >= 15 is 0 Å². The molecule has 0 aromatic heterocycles. The van der Waals surface area contributed by atoms with Gasteiger partial charge in [-0.3, -0.25) is 4.79 Å². The van der Waals surface area contributed by atoms with Crippen LogP contribution in [0, 0.1) is 17.3 Å². The van der Waals surface area contributed by atoms with Crippen molar-refractivity contribution in [1.82, 2.24) is 4.90 Å². The summed E-state index contributed by atoms with van der Waals surface area (Å²) in [6.07, 6.45) is 2.04. The Labute approximate surface area is 104 Å². The zero-order chi connectivity index (χ0) is 13.1. The molecule has 1 aliphatic rings. The number of rotatable bonds is 5. The SMILES string of the molecule is CC(CO)CN1CCCC(C(C)(C)C(=O)O)C1. The van der Waals surface area contributed by atoms with E-state index in [9.17, 15) is 9.90 Å². The van der Waals surface area contributed by atoms with E-state index < -0.39 is 11.4 Å². The summed E-state index contributed by atoms with van der Waals surface area (Å²) in [6.45, 7) is 8.58. The number of carbonyl (C=O) groups is 1. The van der Waals surface area contributed by atoms with Crippen molar-refractivity contribution in [2.45, 2.75) is 33.6 Å². The van der Waals surface area contributed by atoms with E-state index in [-0.39, 0.29) is 18.4 Å². The van der Waals surface area contributed by atoms with E-state index in [0.717, 1.165) is 32.5 Å². The second-order valence-corrected chi connectivity index (χ2v) is 5.91. The third-order valence-electron chi connectivity index (χ3n) is 3.96. The van der Waals surface area contributed by atoms with Gasteiger partial charge in [-0.1, -0.05) is 6.92 Å². The largest absolute Gasteiger partial charge is 0.481 e. The Balaban J connectivity index is 2.57. The van der Waals surface area contributed by atoms with Gasteiger partial charge in [0, 0.05) is 19.7 Å². The van der Waals surface area contributed by atoms with Crippen LogP contribution in [0.5, 0.6) is 0 Å². The van der Waals surface area contributed by atoms with Crippen LogP contribution in [0.1, 0.15) is 33.6 Å². The lowest BCUT2D eigenvalue weighted by molar-refractivity contribution is -0.151. The first-order valence-corrected chi connectivity index (χ1v) is 6.44. The summed E-state index contributed by atoms with van der Waals surface area (Å²) >= 11 is 0. The van der Waals surface area contributed by atoms with Crippen molar-refractivity contribution in [1.29, 1.82) is 0 Å². The Kier molecular flexibility index (Phi) is 4.95. The lowest BCUT2D eigenvalue weighted by atomic mass is 9.74. The van der Waals surface area contributed by atoms with Gasteiger partial charge in [0.15, 0.2) is 0 Å². The van der Waals surface area contributed by atoms with Gasteiger partial charge >= 0.3 is 5.97 Å². The summed E-state index contributed by atoms with van der Waals surface area (Å²) in [5, 5.41) is 18.3. The van der Waals surface area contributed by atoms with E-state index in [4.69, 9.17) is 5.11 Å². The minimum absolute atomic E-state index is 0.198. The first-order chi connectivity index (χ1) is 7.87. The standard InChI is InChI=1S/C13H25NO3/c1-10(9-15)7-14-6-4-5-11(8-14)13(2,3)12(16)17/h10-11,15H,4-9H2,1-3H3,(H,16,17). The van der Waals surface area contributed by atoms with Crippen LogP contribution in [-0.2, 0) is 4.79 Å². The highest BCUT2D eigenvalue weighted by Gasteiger charge is 2.39. The fourth-order valence-corrected chi connectivity index (χ4v) is 2.48. The third kappa shape index (κ3) is 3.68. The van der Waals surface area contributed by atoms with Gasteiger partial charge in [-0.15, -0.1) is 0 Å². The molecule has 1 saturated heterocycles. The molecule has 100 valence electrons. The van der Waals surface area contributed by atoms with Crippen LogP contribution in [0.3, 0.4) is 0 Å². The van der Waals surface area contributed by atoms with Crippen molar-refractivity contribution in [2.75, 3.05) is 26.2 Å². The number of hydrogen-bond acceptors (Lipinski definition) is 3. The Hall–Kier alpha value is -0.610. The van der Waals surface area contributed by atoms with Gasteiger partial charge in [0.25, 0.3) is 0 Å². The molecule has 17 heavy (non-hydrogen) atoms. The highest BCUT2D eigenvalue weighted by atomic mass is 16.4. The number of nitrogens with zero attached hydrogens (tertiary/aromatic N) is 1. The summed E-state index contributed by atoms with van der Waals surface area (Å²) in [5.74, 6) is -0.235. The van der Waals surface area contributed by atoms with E-state index in [1.165, 1.54) is 0 Å². The molecule has 0 aromatic carbocycles. The highest BCUT2D eigenvalue weighted by molar-refractivity contribution is 5.74. The lowest BCUT2D eigenvalue weighted by Crippen LogP contribution is -2.46. The molecule has 4 nitrogen and oxygen atoms in total. The van der Waals surface area contributed by atoms with Gasteiger partial charge < -0.3 is 15.1 Å². The second kappa shape index (κ2) is 5.83. The van der Waals surface area contributed by atoms with Crippen molar-refractivity contribution in [3.63, 3.8) is 0 Å². The average molecular weight is 243 g/mol. The number of aliphatic hydroxyl groups is 1. The molecule has 4 heteroatoms. The number of aliphatic carboxylic acids is 1. The zero-order valence-corrected chi connectivity index (χ0v) is 11.1. The molecule has 0 saturated carbocycles. The molecule has 0 aliphatic carbocycles. The van der Waals surface area contributed by atoms with Crippen LogP contribution in [-0.4, -0.2) is 47.3 Å². The van der Waals surface area contributed by atoms with E-state index in [1.54, 1.807) is 0 Å². The van der Waals surface area contributed by atoms with Crippen molar-refractivity contribution in [2.24, 2.45) is 17.3 Å². The number of piperidine rings is 1. The molecule has 0 aromatic rings. The second-order valence-electron chi connectivity index (χ2n) is 5.91. The summed E-state index contributed by atoms with van der Waals surface area (Å²) in [7, 11) is 0. The molecule has 2 atom stereocenters. The molecule has 2 unspecified atom stereocenters. The van der Waals surface area contributed by atoms with Crippen LogP contribution in [0.25, 0.3) is 0 Å². The molecular weight excluding hydrogens is 218 g/mol. The van der Waals surface area contributed by atoms with E-state index in [0.29, 0.717) is 0 Å². The molecule has 0 bridgehead atoms. The van der Waals surface area contributed by atoms with Gasteiger partial charge in [-0.05, 0) is 45.1 Å². The topological polar surface area (TPSA) is 60.8 Å². The predicted octanol–water partition coefficient (Wildman–Crippen LogP) is 1.44. The number of likely N-dealkylation sites (tertiary alicyclic amines) is 1. The van der Waals surface area contributed by atoms with Gasteiger partial charge in [0.1, 0.15) is 0 Å². The lowest BCUT2D eigenvalue weighted by Gasteiger charge is -2.40. The molecule has 2 N–H and O–H groups in total. The maximum atomic E-state index is 11.2. The highest BCUT2D eigenvalue weighted by Crippen LogP contribution is 2.34. The van der Waals surface area contributed by atoms with E-state index in [2.05, 4.69) is 4.90 Å². The average Bonchev–Trinajstić information content (AvgIpc) is 2.29. The Morgan fingerprint density at radius 1 is 1.53 bits per heavy atom. The minimum atomic E-state index is -0.709. The maximum absolute atomic E-state index is 11.2. The van der Waals surface area contributed by atoms with Gasteiger partial charge in [0.2, 0.25) is 0 Å². The van der Waals surface area contributed by atoms with Crippen LogP contribution in [0.15, 0.2) is 0 Å². The molecule has 1 rings (SSSR count). The van der Waals surface area contributed by atoms with Crippen LogP contribution in [0.2, 0.25) is 0 Å². The Morgan fingerprint density at radius 2 is 2.18 bits per heavy atom. The quantitative estimate of drug-likeness (QED) is 0.767. The van der Waals surface area contributed by atoms with Crippen molar-refractivity contribution >= 4 is 5.97 Å². The normalized spacial score (nSPS) is 24.6. The molecular formula is C13H25NO3. The summed E-state index contributed by atoms with van der Waals surface area (Å²) in [4.78, 5) is 13.5. The van der Waals surface area contributed by atoms with Gasteiger partial charge in [0.05, 0.1) is 5.41 Å². The number of carboxylic acid groups (broad SMARTS) is 1. The smallest absolute Gasteiger partial charge is 0.309 e. The minimum Gasteiger partial charge on any atom is -0.481 e. The molecule has 0 amide bonds. The number of carboxylic acids is 1. The van der Waals surface area contributed by atoms with Crippen molar-refractivity contribution < 1.29 is 15.0 Å². The summed E-state index contributed by atoms with van der Waals surface area (Å²) < 4.78 is 0. The monoisotopic (exact) mass is 243 g/mol. The fraction of sp³-hybridized carbons (Fsp3) is 0.923. The Morgan fingerprint density at radius 3 is 2.71 bits per heavy atom. The first kappa shape index (κ1) is 14.5. The zero-order valence-electron chi connectivity index (χ0n) is 11.1. The van der Waals surface area contributed by atoms with Gasteiger partial charge in [-0.2, -0.15) is 0 Å².